The van der Waals surface area contributed by atoms with Crippen molar-refractivity contribution in [2.24, 2.45) is 0 Å². The molecule has 2 N–H and O–H groups in total. The van der Waals surface area contributed by atoms with Crippen LogP contribution in [0.4, 0.5) is 0 Å². The summed E-state index contributed by atoms with van der Waals surface area (Å²) in [7, 11) is 0. The van der Waals surface area contributed by atoms with Crippen molar-refractivity contribution in [3.8, 4) is 0 Å². The average molecular weight is 266 g/mol. The van der Waals surface area contributed by atoms with Crippen molar-refractivity contribution >= 4 is 0 Å². The molecule has 0 amide bonds. The summed E-state index contributed by atoms with van der Waals surface area (Å²) in [6.07, 6.45) is 2.19. The van der Waals surface area contributed by atoms with Crippen molar-refractivity contribution in [3.05, 3.63) is 71.8 Å². The normalized spacial score (nSPS) is 22.6. The van der Waals surface area contributed by atoms with E-state index in [0.29, 0.717) is 12.1 Å². The molecule has 0 aromatic heterocycles. The highest BCUT2D eigenvalue weighted by Crippen LogP contribution is 2.09. The highest BCUT2D eigenvalue weighted by molar-refractivity contribution is 5.18. The fourth-order valence-electron chi connectivity index (χ4n) is 2.94. The Hall–Kier alpha value is -1.64. The van der Waals surface area contributed by atoms with Crippen LogP contribution in [-0.4, -0.2) is 25.2 Å². The summed E-state index contributed by atoms with van der Waals surface area (Å²) in [5.74, 6) is 0. The number of rotatable bonds is 4. The molecule has 0 aliphatic carbocycles. The van der Waals surface area contributed by atoms with Gasteiger partial charge in [0.05, 0.1) is 0 Å². The molecular weight excluding hydrogens is 244 g/mol. The van der Waals surface area contributed by atoms with E-state index in [9.17, 15) is 0 Å². The van der Waals surface area contributed by atoms with Gasteiger partial charge in [0.25, 0.3) is 0 Å². The first-order valence-electron chi connectivity index (χ1n) is 7.45. The largest absolute Gasteiger partial charge is 0.314 e. The van der Waals surface area contributed by atoms with E-state index in [1.54, 1.807) is 0 Å². The average Bonchev–Trinajstić information content (AvgIpc) is 2.50. The lowest BCUT2D eigenvalue weighted by molar-refractivity contribution is 0.334. The van der Waals surface area contributed by atoms with Crippen molar-refractivity contribution in [1.82, 2.24) is 10.6 Å². The Balaban J connectivity index is 1.57. The van der Waals surface area contributed by atoms with Gasteiger partial charge in [0.15, 0.2) is 0 Å². The Labute approximate surface area is 121 Å². The smallest absolute Gasteiger partial charge is 0.0236 e. The minimum absolute atomic E-state index is 0.528. The zero-order valence-corrected chi connectivity index (χ0v) is 11.8. The number of piperazine rings is 1. The van der Waals surface area contributed by atoms with Gasteiger partial charge in [-0.05, 0) is 24.0 Å². The van der Waals surface area contributed by atoms with Gasteiger partial charge in [0.1, 0.15) is 0 Å². The van der Waals surface area contributed by atoms with Crippen molar-refractivity contribution in [2.75, 3.05) is 13.1 Å². The lowest BCUT2D eigenvalue weighted by Gasteiger charge is -2.32. The molecule has 0 bridgehead atoms. The number of benzene rings is 2. The maximum absolute atomic E-state index is 3.79. The maximum Gasteiger partial charge on any atom is 0.0236 e. The maximum atomic E-state index is 3.79. The second kappa shape index (κ2) is 6.69. The predicted molar refractivity (Wildman–Crippen MR) is 83.9 cm³/mol. The van der Waals surface area contributed by atoms with Crippen LogP contribution in [0.2, 0.25) is 0 Å². The first kappa shape index (κ1) is 13.3. The molecular formula is C18H22N2. The van der Waals surface area contributed by atoms with E-state index in [1.807, 2.05) is 0 Å². The zero-order valence-electron chi connectivity index (χ0n) is 11.8. The summed E-state index contributed by atoms with van der Waals surface area (Å²) in [4.78, 5) is 0. The quantitative estimate of drug-likeness (QED) is 0.888. The fraction of sp³-hybridized carbons (Fsp3) is 0.333. The fourth-order valence-corrected chi connectivity index (χ4v) is 2.94. The van der Waals surface area contributed by atoms with Crippen molar-refractivity contribution in [2.45, 2.75) is 24.9 Å². The third kappa shape index (κ3) is 3.69. The summed E-state index contributed by atoms with van der Waals surface area (Å²) >= 11 is 0. The molecule has 1 heterocycles. The van der Waals surface area contributed by atoms with Crippen LogP contribution in [0.3, 0.4) is 0 Å². The molecule has 1 aliphatic rings. The van der Waals surface area contributed by atoms with Crippen LogP contribution in [0, 0.1) is 0 Å². The highest BCUT2D eigenvalue weighted by atomic mass is 15.1. The number of nitrogens with one attached hydrogen (secondary N) is 2. The summed E-state index contributed by atoms with van der Waals surface area (Å²) in [5.41, 5.74) is 2.82. The van der Waals surface area contributed by atoms with Gasteiger partial charge in [-0.1, -0.05) is 60.7 Å². The van der Waals surface area contributed by atoms with E-state index in [0.717, 1.165) is 25.9 Å². The standard InChI is InChI=1S/C18H22N2/c1-3-7-15(8-4-1)11-17-13-19-14-18(20-17)12-16-9-5-2-6-10-16/h1-10,17-20H,11-14H2. The molecule has 2 atom stereocenters. The summed E-state index contributed by atoms with van der Waals surface area (Å²) in [6.45, 7) is 2.11. The van der Waals surface area contributed by atoms with Crippen LogP contribution < -0.4 is 10.6 Å². The molecule has 2 unspecified atom stereocenters. The molecule has 2 heteroatoms. The SMILES string of the molecule is c1ccc(CC2CNCC(Cc3ccccc3)N2)cc1. The van der Waals surface area contributed by atoms with Crippen molar-refractivity contribution in [1.29, 1.82) is 0 Å². The molecule has 0 radical (unpaired) electrons. The topological polar surface area (TPSA) is 24.1 Å². The van der Waals surface area contributed by atoms with Gasteiger partial charge >= 0.3 is 0 Å². The van der Waals surface area contributed by atoms with Crippen LogP contribution in [0.25, 0.3) is 0 Å². The number of hydrogen-bond donors (Lipinski definition) is 2. The first-order chi connectivity index (χ1) is 9.90. The van der Waals surface area contributed by atoms with E-state index < -0.39 is 0 Å². The van der Waals surface area contributed by atoms with Gasteiger partial charge in [-0.15, -0.1) is 0 Å². The Morgan fingerprint density at radius 3 is 1.60 bits per heavy atom. The molecule has 20 heavy (non-hydrogen) atoms. The highest BCUT2D eigenvalue weighted by Gasteiger charge is 2.20. The second-order valence-corrected chi connectivity index (χ2v) is 5.60. The molecule has 1 aliphatic heterocycles. The third-order valence-electron chi connectivity index (χ3n) is 3.90. The van der Waals surface area contributed by atoms with E-state index in [2.05, 4.69) is 71.3 Å². The Morgan fingerprint density at radius 2 is 1.15 bits per heavy atom. The lowest BCUT2D eigenvalue weighted by Crippen LogP contribution is -2.56. The molecule has 1 saturated heterocycles. The van der Waals surface area contributed by atoms with Crippen molar-refractivity contribution in [3.63, 3.8) is 0 Å². The van der Waals surface area contributed by atoms with Gasteiger partial charge in [0, 0.05) is 25.2 Å². The van der Waals surface area contributed by atoms with Gasteiger partial charge in [-0.2, -0.15) is 0 Å². The van der Waals surface area contributed by atoms with Crippen molar-refractivity contribution < 1.29 is 0 Å². The lowest BCUT2D eigenvalue weighted by atomic mass is 9.99. The van der Waals surface area contributed by atoms with E-state index >= 15 is 0 Å². The zero-order chi connectivity index (χ0) is 13.6. The van der Waals surface area contributed by atoms with E-state index in [1.165, 1.54) is 11.1 Å². The summed E-state index contributed by atoms with van der Waals surface area (Å²) < 4.78 is 0. The Morgan fingerprint density at radius 1 is 0.700 bits per heavy atom. The molecule has 3 rings (SSSR count). The van der Waals surface area contributed by atoms with Crippen LogP contribution in [0.5, 0.6) is 0 Å². The molecule has 1 fully saturated rings. The van der Waals surface area contributed by atoms with Crippen LogP contribution in [0.15, 0.2) is 60.7 Å². The summed E-state index contributed by atoms with van der Waals surface area (Å²) in [6, 6.07) is 22.5. The minimum Gasteiger partial charge on any atom is -0.314 e. The van der Waals surface area contributed by atoms with Crippen LogP contribution in [0.1, 0.15) is 11.1 Å². The summed E-state index contributed by atoms with van der Waals surface area (Å²) in [5, 5.41) is 7.35. The predicted octanol–water partition coefficient (Wildman–Crippen LogP) is 2.40. The Bertz CT molecular complexity index is 462. The second-order valence-electron chi connectivity index (χ2n) is 5.60. The minimum atomic E-state index is 0.528. The van der Waals surface area contributed by atoms with Crippen LogP contribution >= 0.6 is 0 Å². The van der Waals surface area contributed by atoms with Gasteiger partial charge in [0.2, 0.25) is 0 Å². The molecule has 0 spiro atoms. The molecule has 2 nitrogen and oxygen atoms in total. The molecule has 2 aromatic rings. The van der Waals surface area contributed by atoms with Gasteiger partial charge in [-0.25, -0.2) is 0 Å². The molecule has 0 saturated carbocycles. The van der Waals surface area contributed by atoms with E-state index in [4.69, 9.17) is 0 Å². The third-order valence-corrected chi connectivity index (χ3v) is 3.90. The first-order valence-corrected chi connectivity index (χ1v) is 7.45. The van der Waals surface area contributed by atoms with Crippen LogP contribution in [-0.2, 0) is 12.8 Å². The molecule has 104 valence electrons. The van der Waals surface area contributed by atoms with Gasteiger partial charge in [-0.3, -0.25) is 0 Å². The van der Waals surface area contributed by atoms with Gasteiger partial charge < -0.3 is 10.6 Å². The molecule has 2 aromatic carbocycles. The number of hydrogen-bond acceptors (Lipinski definition) is 2. The monoisotopic (exact) mass is 266 g/mol. The van der Waals surface area contributed by atoms with E-state index in [-0.39, 0.29) is 0 Å². The Kier molecular flexibility index (Phi) is 4.46.